The van der Waals surface area contributed by atoms with Crippen molar-refractivity contribution in [3.05, 3.63) is 197 Å². The van der Waals surface area contributed by atoms with Crippen LogP contribution in [0.2, 0.25) is 17.3 Å². The molecular weight excluding hydrogens is 1050 g/mol. The van der Waals surface area contributed by atoms with Gasteiger partial charge in [0.1, 0.15) is 11.8 Å². The Morgan fingerprint density at radius 1 is 0.742 bits per heavy atom. The van der Waals surface area contributed by atoms with Crippen LogP contribution in [0, 0.1) is 29.3 Å². The minimum atomic E-state index is -1.79. The molecule has 0 radical (unpaired) electrons. The summed E-state index contributed by atoms with van der Waals surface area (Å²) in [6, 6.07) is 57.2. The third-order valence-corrected chi connectivity index (χ3v) is 16.3. The number of nitriles is 1. The van der Waals surface area contributed by atoms with Crippen molar-refractivity contribution in [2.45, 2.75) is 63.0 Å². The fraction of sp³-hybridized carbons (Fsp3) is 0.175. The van der Waals surface area contributed by atoms with E-state index < -0.39 is 19.4 Å². The van der Waals surface area contributed by atoms with Gasteiger partial charge in [-0.05, 0) is 81.7 Å². The van der Waals surface area contributed by atoms with Crippen LogP contribution in [0.15, 0.2) is 156 Å². The SMILES string of the molecule is CC(C)c1cc(-c2ccc(-c3ccccc3)cc2)cc(C(C)C)c1N1c2ccccc2[N-]C1c1[c-]ccc2c1oc1nc(C#N)ccc12.[CH3][Ge]([CH3])([CH3])[c]1ccc(-c2[c-]cc(F)cc2)nc1.[Ir+3]. The molecule has 3 aromatic heterocycles. The first-order chi connectivity index (χ1) is 31.4. The van der Waals surface area contributed by atoms with Gasteiger partial charge in [-0.15, -0.1) is 11.3 Å². The van der Waals surface area contributed by atoms with Gasteiger partial charge in [-0.1, -0.05) is 106 Å². The third-order valence-electron chi connectivity index (χ3n) is 12.0. The Hall–Kier alpha value is -6.37. The number of hydrogen-bond donors (Lipinski definition) is 0. The summed E-state index contributed by atoms with van der Waals surface area (Å²) in [4.78, 5) is 11.3. The monoisotopic (exact) mass is 1110 g/mol. The van der Waals surface area contributed by atoms with Crippen molar-refractivity contribution < 1.29 is 28.9 Å². The summed E-state index contributed by atoms with van der Waals surface area (Å²) in [5.41, 5.74) is 14.5. The molecule has 0 saturated heterocycles. The number of rotatable bonds is 8. The Bertz CT molecular complexity index is 3160. The molecule has 0 amide bonds. The van der Waals surface area contributed by atoms with Crippen LogP contribution in [-0.4, -0.2) is 23.2 Å². The van der Waals surface area contributed by atoms with Gasteiger partial charge in [-0.2, -0.15) is 23.5 Å². The summed E-state index contributed by atoms with van der Waals surface area (Å²) in [5, 5.41) is 16.6. The molecule has 0 aliphatic carbocycles. The molecule has 10 rings (SSSR count). The maximum absolute atomic E-state index is 12.8. The van der Waals surface area contributed by atoms with Crippen LogP contribution in [0.3, 0.4) is 0 Å². The van der Waals surface area contributed by atoms with Crippen molar-refractivity contribution in [1.82, 2.24) is 9.97 Å². The number of aromatic nitrogens is 2. The van der Waals surface area contributed by atoms with Gasteiger partial charge in [0, 0.05) is 22.3 Å². The van der Waals surface area contributed by atoms with E-state index in [-0.39, 0.29) is 37.8 Å². The number of hydrogen-bond acceptors (Lipinski definition) is 5. The van der Waals surface area contributed by atoms with E-state index in [2.05, 4.69) is 169 Å². The van der Waals surface area contributed by atoms with E-state index in [1.807, 2.05) is 36.5 Å². The number of halogens is 1. The minimum absolute atomic E-state index is 0. The molecule has 328 valence electrons. The molecule has 66 heavy (non-hydrogen) atoms. The Morgan fingerprint density at radius 2 is 1.41 bits per heavy atom. The molecule has 9 aromatic rings. The van der Waals surface area contributed by atoms with Gasteiger partial charge in [0.15, 0.2) is 0 Å². The fourth-order valence-electron chi connectivity index (χ4n) is 8.48. The molecule has 0 saturated carbocycles. The number of fused-ring (bicyclic) bond motifs is 4. The summed E-state index contributed by atoms with van der Waals surface area (Å²) in [5.74, 6) is 7.22. The number of anilines is 2. The van der Waals surface area contributed by atoms with Crippen LogP contribution in [0.4, 0.5) is 21.5 Å². The van der Waals surface area contributed by atoms with E-state index in [1.165, 1.54) is 55.6 Å². The average molecular weight is 1100 g/mol. The Labute approximate surface area is 403 Å². The molecule has 6 aromatic carbocycles. The molecule has 0 spiro atoms. The molecule has 0 bridgehead atoms. The zero-order valence-electron chi connectivity index (χ0n) is 38.0. The summed E-state index contributed by atoms with van der Waals surface area (Å²) < 4.78 is 20.6. The van der Waals surface area contributed by atoms with E-state index >= 15 is 0 Å². The van der Waals surface area contributed by atoms with E-state index in [0.29, 0.717) is 17.0 Å². The summed E-state index contributed by atoms with van der Waals surface area (Å²) in [6.07, 6.45) is 1.54. The van der Waals surface area contributed by atoms with E-state index in [4.69, 9.17) is 9.73 Å². The number of furan rings is 1. The van der Waals surface area contributed by atoms with Crippen LogP contribution in [0.1, 0.15) is 68.1 Å². The van der Waals surface area contributed by atoms with Gasteiger partial charge in [-0.25, -0.2) is 4.98 Å². The van der Waals surface area contributed by atoms with Gasteiger partial charge < -0.3 is 14.6 Å². The van der Waals surface area contributed by atoms with Gasteiger partial charge in [0.25, 0.3) is 0 Å². The van der Waals surface area contributed by atoms with Crippen molar-refractivity contribution in [2.75, 3.05) is 4.90 Å². The first-order valence-corrected chi connectivity index (χ1v) is 29.4. The predicted molar refractivity (Wildman–Crippen MR) is 266 cm³/mol. The van der Waals surface area contributed by atoms with Crippen molar-refractivity contribution in [2.24, 2.45) is 0 Å². The summed E-state index contributed by atoms with van der Waals surface area (Å²) in [6.45, 7) is 9.07. The molecule has 1 aliphatic heterocycles. The van der Waals surface area contributed by atoms with E-state index in [1.54, 1.807) is 12.1 Å². The number of benzene rings is 6. The maximum Gasteiger partial charge on any atom is 3.00 e. The largest absolute Gasteiger partial charge is 3.00 e. The van der Waals surface area contributed by atoms with Gasteiger partial charge >= 0.3 is 124 Å². The topological polar surface area (TPSA) is 80.0 Å². The van der Waals surface area contributed by atoms with E-state index in [0.717, 1.165) is 39.0 Å². The second-order valence-electron chi connectivity index (χ2n) is 18.1. The fourth-order valence-corrected chi connectivity index (χ4v) is 10.7. The van der Waals surface area contributed by atoms with Gasteiger partial charge in [0.05, 0.1) is 0 Å². The first-order valence-electron chi connectivity index (χ1n) is 22.1. The predicted octanol–water partition coefficient (Wildman–Crippen LogP) is 15.3. The van der Waals surface area contributed by atoms with E-state index in [9.17, 15) is 9.65 Å². The molecule has 1 atom stereocenters. The van der Waals surface area contributed by atoms with Crippen molar-refractivity contribution in [1.29, 1.82) is 5.26 Å². The molecule has 1 unspecified atom stereocenters. The van der Waals surface area contributed by atoms with Crippen molar-refractivity contribution in [3.8, 4) is 39.6 Å². The van der Waals surface area contributed by atoms with Gasteiger partial charge in [0.2, 0.25) is 5.71 Å². The molecule has 6 nitrogen and oxygen atoms in total. The van der Waals surface area contributed by atoms with Crippen molar-refractivity contribution in [3.63, 3.8) is 0 Å². The molecule has 4 heterocycles. The summed E-state index contributed by atoms with van der Waals surface area (Å²) >= 11 is -1.79. The number of nitrogens with zero attached hydrogens (tertiary/aromatic N) is 5. The first kappa shape index (κ1) is 46.2. The molecule has 0 fully saturated rings. The third kappa shape index (κ3) is 9.21. The second-order valence-corrected chi connectivity index (χ2v) is 28.8. The number of pyridine rings is 2. The molecule has 9 heteroatoms. The maximum atomic E-state index is 12.8. The Kier molecular flexibility index (Phi) is 13.5. The standard InChI is InChI=1S/C43H34N4O.C14H15FGeN.Ir/c1-26(2)36-23-31(30-19-17-29(18-20-30)28-11-6-5-7-12-28)24-37(27(3)4)40(36)47-39-16-9-8-15-38(39)46-42(47)35-14-10-13-33-34-22-21-32(25-44)45-43(34)48-41(33)35;1-16(2,3)13-8-9-14(17-10-13)11-4-6-12(15)7-5-11;/h5-13,15-24,26-27,42H,1-4H3;4,6-10H,1-3H3;/q-2;-1;+3. The second kappa shape index (κ2) is 19.2. The normalized spacial score (nSPS) is 13.2. The smallest absolute Gasteiger partial charge is 3.00 e. The van der Waals surface area contributed by atoms with Crippen LogP contribution in [0.25, 0.3) is 60.9 Å². The number of para-hydroxylation sites is 2. The zero-order chi connectivity index (χ0) is 45.4. The van der Waals surface area contributed by atoms with Gasteiger partial charge in [-0.3, -0.25) is 0 Å². The average Bonchev–Trinajstić information content (AvgIpc) is 3.90. The minimum Gasteiger partial charge on any atom is 3.00 e. The zero-order valence-corrected chi connectivity index (χ0v) is 42.5. The van der Waals surface area contributed by atoms with Crippen LogP contribution >= 0.6 is 0 Å². The van der Waals surface area contributed by atoms with Crippen LogP contribution in [-0.2, 0) is 20.1 Å². The quantitative estimate of drug-likeness (QED) is 0.112. The summed E-state index contributed by atoms with van der Waals surface area (Å²) in [7, 11) is 0. The van der Waals surface area contributed by atoms with Crippen LogP contribution < -0.4 is 9.30 Å². The van der Waals surface area contributed by atoms with Crippen LogP contribution in [0.5, 0.6) is 0 Å². The molecule has 0 N–H and O–H groups in total. The Morgan fingerprint density at radius 3 is 2.03 bits per heavy atom. The Balaban J connectivity index is 0.000000278. The molecule has 1 aliphatic rings. The van der Waals surface area contributed by atoms with Crippen molar-refractivity contribution >= 4 is 56.8 Å². The molecular formula is C57H49FGeIrN5O.